The fourth-order valence-electron chi connectivity index (χ4n) is 1.52. The fraction of sp³-hybridized carbons (Fsp3) is 0.0769. The van der Waals surface area contributed by atoms with E-state index in [1.54, 1.807) is 13.0 Å². The lowest BCUT2D eigenvalue weighted by atomic mass is 10.2. The van der Waals surface area contributed by atoms with Gasteiger partial charge < -0.3 is 10.5 Å². The van der Waals surface area contributed by atoms with Crippen molar-refractivity contribution in [3.8, 4) is 11.6 Å². The Morgan fingerprint density at radius 3 is 2.74 bits per heavy atom. The molecule has 1 heterocycles. The number of nitrogens with zero attached hydrogens (tertiary/aromatic N) is 1. The lowest BCUT2D eigenvalue weighted by Crippen LogP contribution is -2.11. The molecule has 0 amide bonds. The summed E-state index contributed by atoms with van der Waals surface area (Å²) in [6.07, 6.45) is 0. The van der Waals surface area contributed by atoms with Crippen molar-refractivity contribution in [1.29, 1.82) is 5.41 Å². The molecule has 6 heteroatoms. The van der Waals surface area contributed by atoms with Crippen LogP contribution in [0.15, 0.2) is 30.3 Å². The highest BCUT2D eigenvalue weighted by molar-refractivity contribution is 6.32. The second-order valence-corrected chi connectivity index (χ2v) is 4.33. The summed E-state index contributed by atoms with van der Waals surface area (Å²) in [7, 11) is 0. The van der Waals surface area contributed by atoms with Crippen molar-refractivity contribution in [2.75, 3.05) is 0 Å². The molecule has 0 aliphatic carbocycles. The first-order valence-corrected chi connectivity index (χ1v) is 5.79. The van der Waals surface area contributed by atoms with E-state index in [-0.39, 0.29) is 22.5 Å². The maximum absolute atomic E-state index is 12.9. The molecule has 2 rings (SSSR count). The Hall–Kier alpha value is -2.14. The number of rotatable bonds is 3. The van der Waals surface area contributed by atoms with Crippen LogP contribution in [-0.4, -0.2) is 10.8 Å². The quantitative estimate of drug-likeness (QED) is 0.669. The van der Waals surface area contributed by atoms with Gasteiger partial charge in [-0.15, -0.1) is 0 Å². The Morgan fingerprint density at radius 2 is 2.11 bits per heavy atom. The van der Waals surface area contributed by atoms with Crippen LogP contribution in [-0.2, 0) is 0 Å². The maximum Gasteiger partial charge on any atom is 0.220 e. The van der Waals surface area contributed by atoms with Crippen LogP contribution in [0.4, 0.5) is 4.39 Å². The lowest BCUT2D eigenvalue weighted by molar-refractivity contribution is 0.460. The molecule has 4 nitrogen and oxygen atoms in total. The number of nitrogen functional groups attached to an aromatic ring is 1. The summed E-state index contributed by atoms with van der Waals surface area (Å²) in [6, 6.07) is 6.99. The van der Waals surface area contributed by atoms with Crippen LogP contribution < -0.4 is 10.5 Å². The zero-order valence-electron chi connectivity index (χ0n) is 10.1. The Bertz CT molecular complexity index is 646. The van der Waals surface area contributed by atoms with E-state index in [0.717, 1.165) is 6.07 Å². The molecule has 0 aliphatic rings. The monoisotopic (exact) mass is 279 g/mol. The largest absolute Gasteiger partial charge is 0.437 e. The van der Waals surface area contributed by atoms with Crippen LogP contribution in [0.5, 0.6) is 11.6 Å². The van der Waals surface area contributed by atoms with Crippen LogP contribution in [0.25, 0.3) is 0 Å². The molecule has 0 saturated carbocycles. The van der Waals surface area contributed by atoms with Crippen LogP contribution in [0.2, 0.25) is 5.02 Å². The van der Waals surface area contributed by atoms with Crippen molar-refractivity contribution >= 4 is 17.4 Å². The summed E-state index contributed by atoms with van der Waals surface area (Å²) in [5.74, 6) is 0.00825. The van der Waals surface area contributed by atoms with Gasteiger partial charge in [0.15, 0.2) is 0 Å². The minimum atomic E-state index is -0.445. The molecule has 3 N–H and O–H groups in total. The smallest absolute Gasteiger partial charge is 0.220 e. The van der Waals surface area contributed by atoms with Crippen LogP contribution in [0, 0.1) is 18.2 Å². The molecule has 98 valence electrons. The van der Waals surface area contributed by atoms with Gasteiger partial charge in [-0.1, -0.05) is 11.6 Å². The molecule has 1 aromatic heterocycles. The topological polar surface area (TPSA) is 72.0 Å². The number of aromatic nitrogens is 1. The van der Waals surface area contributed by atoms with Crippen LogP contribution >= 0.6 is 11.6 Å². The van der Waals surface area contributed by atoms with Gasteiger partial charge in [-0.25, -0.2) is 9.37 Å². The van der Waals surface area contributed by atoms with Crippen molar-refractivity contribution < 1.29 is 9.13 Å². The molecule has 0 unspecified atom stereocenters. The maximum atomic E-state index is 12.9. The molecule has 0 bridgehead atoms. The number of nitrogens with one attached hydrogen (secondary N) is 1. The number of hydrogen-bond donors (Lipinski definition) is 2. The second-order valence-electron chi connectivity index (χ2n) is 3.93. The van der Waals surface area contributed by atoms with E-state index >= 15 is 0 Å². The number of ether oxygens (including phenoxy) is 1. The Kier molecular flexibility index (Phi) is 3.66. The Labute approximate surface area is 114 Å². The first-order chi connectivity index (χ1) is 8.95. The zero-order chi connectivity index (χ0) is 14.0. The third-order valence-corrected chi connectivity index (χ3v) is 2.64. The minimum Gasteiger partial charge on any atom is -0.437 e. The number of nitrogens with two attached hydrogens (primary N) is 1. The molecule has 0 fully saturated rings. The fourth-order valence-corrected chi connectivity index (χ4v) is 1.72. The summed E-state index contributed by atoms with van der Waals surface area (Å²) in [6.45, 7) is 1.76. The van der Waals surface area contributed by atoms with Crippen molar-refractivity contribution in [2.45, 2.75) is 6.92 Å². The van der Waals surface area contributed by atoms with E-state index in [1.165, 1.54) is 18.2 Å². The molecular formula is C13H11ClFN3O. The predicted octanol–water partition coefficient (Wildman–Crippen LogP) is 3.26. The normalized spacial score (nSPS) is 10.3. The molecule has 0 aliphatic heterocycles. The van der Waals surface area contributed by atoms with Crippen molar-refractivity contribution in [3.63, 3.8) is 0 Å². The van der Waals surface area contributed by atoms with Gasteiger partial charge in [0.1, 0.15) is 17.4 Å². The highest BCUT2D eigenvalue weighted by Crippen LogP contribution is 2.29. The molecular weight excluding hydrogens is 269 g/mol. The summed E-state index contributed by atoms with van der Waals surface area (Å²) < 4.78 is 18.4. The molecule has 1 aromatic carbocycles. The number of aryl methyl sites for hydroxylation is 1. The predicted molar refractivity (Wildman–Crippen MR) is 71.5 cm³/mol. The summed E-state index contributed by atoms with van der Waals surface area (Å²) in [5, 5.41) is 7.54. The van der Waals surface area contributed by atoms with Gasteiger partial charge in [-0.3, -0.25) is 5.41 Å². The summed E-state index contributed by atoms with van der Waals surface area (Å²) in [4.78, 5) is 4.15. The number of hydrogen-bond acceptors (Lipinski definition) is 3. The number of benzene rings is 1. The van der Waals surface area contributed by atoms with Crippen LogP contribution in [0.3, 0.4) is 0 Å². The summed E-state index contributed by atoms with van der Waals surface area (Å²) in [5.41, 5.74) is 6.57. The van der Waals surface area contributed by atoms with Gasteiger partial charge in [0.25, 0.3) is 0 Å². The van der Waals surface area contributed by atoms with E-state index in [9.17, 15) is 4.39 Å². The third-order valence-electron chi connectivity index (χ3n) is 2.35. The van der Waals surface area contributed by atoms with Gasteiger partial charge in [-0.05, 0) is 31.2 Å². The Balaban J connectivity index is 2.35. The lowest BCUT2D eigenvalue weighted by Gasteiger charge is -2.09. The molecule has 19 heavy (non-hydrogen) atoms. The van der Waals surface area contributed by atoms with Gasteiger partial charge in [0.2, 0.25) is 5.88 Å². The highest BCUT2D eigenvalue weighted by Gasteiger charge is 2.08. The van der Waals surface area contributed by atoms with Crippen molar-refractivity contribution in [2.24, 2.45) is 5.73 Å². The highest BCUT2D eigenvalue weighted by atomic mass is 35.5. The SMILES string of the molecule is Cc1cc(C(=N)N)cc(Oc2ccc(F)cc2Cl)n1. The van der Waals surface area contributed by atoms with Crippen molar-refractivity contribution in [1.82, 2.24) is 4.98 Å². The zero-order valence-corrected chi connectivity index (χ0v) is 10.8. The standard InChI is InChI=1S/C13H11ClFN3O/c1-7-4-8(13(16)17)5-12(18-7)19-11-3-2-9(15)6-10(11)14/h2-6H,1H3,(H3,16,17). The molecule has 0 saturated heterocycles. The molecule has 2 aromatic rings. The average molecular weight is 280 g/mol. The van der Waals surface area contributed by atoms with E-state index in [2.05, 4.69) is 4.98 Å². The molecule has 0 spiro atoms. The molecule has 0 atom stereocenters. The number of halogens is 2. The van der Waals surface area contributed by atoms with E-state index in [0.29, 0.717) is 11.3 Å². The summed E-state index contributed by atoms with van der Waals surface area (Å²) >= 11 is 5.86. The van der Waals surface area contributed by atoms with E-state index in [4.69, 9.17) is 27.5 Å². The van der Waals surface area contributed by atoms with Gasteiger partial charge in [0.05, 0.1) is 5.02 Å². The average Bonchev–Trinajstić information content (AvgIpc) is 2.32. The third kappa shape index (κ3) is 3.20. The van der Waals surface area contributed by atoms with E-state index in [1.807, 2.05) is 0 Å². The van der Waals surface area contributed by atoms with Crippen LogP contribution in [0.1, 0.15) is 11.3 Å². The van der Waals surface area contributed by atoms with E-state index < -0.39 is 5.82 Å². The second kappa shape index (κ2) is 5.24. The molecule has 0 radical (unpaired) electrons. The van der Waals surface area contributed by atoms with Gasteiger partial charge in [0, 0.05) is 17.3 Å². The first-order valence-electron chi connectivity index (χ1n) is 5.41. The van der Waals surface area contributed by atoms with Gasteiger partial charge in [-0.2, -0.15) is 0 Å². The number of amidine groups is 1. The first kappa shape index (κ1) is 13.3. The number of pyridine rings is 1. The Morgan fingerprint density at radius 1 is 1.37 bits per heavy atom. The minimum absolute atomic E-state index is 0.0828. The van der Waals surface area contributed by atoms with Gasteiger partial charge >= 0.3 is 0 Å². The van der Waals surface area contributed by atoms with Crippen molar-refractivity contribution in [3.05, 3.63) is 52.4 Å².